The number of carbonyl (C=O) groups is 2. The highest BCUT2D eigenvalue weighted by Crippen LogP contribution is 1.98. The number of amides is 2. The molecule has 1 aromatic rings. The van der Waals surface area contributed by atoms with Crippen LogP contribution in [-0.2, 0) is 16.1 Å². The highest BCUT2D eigenvalue weighted by Gasteiger charge is 2.19. The first-order valence-corrected chi connectivity index (χ1v) is 5.70. The molecule has 0 fully saturated rings. The minimum Gasteiger partial charge on any atom is -0.480 e. The maximum absolute atomic E-state index is 11.5. The van der Waals surface area contributed by atoms with Gasteiger partial charge < -0.3 is 20.5 Å². The molecule has 0 aliphatic rings. The Morgan fingerprint density at radius 3 is 2.74 bits per heavy atom. The van der Waals surface area contributed by atoms with Gasteiger partial charge in [-0.1, -0.05) is 6.07 Å². The molecule has 3 N–H and O–H groups in total. The van der Waals surface area contributed by atoms with Gasteiger partial charge >= 0.3 is 12.0 Å². The summed E-state index contributed by atoms with van der Waals surface area (Å²) in [5, 5.41) is 13.7. The van der Waals surface area contributed by atoms with Crippen molar-refractivity contribution < 1.29 is 19.4 Å². The van der Waals surface area contributed by atoms with Crippen molar-refractivity contribution in [2.45, 2.75) is 19.5 Å². The number of nitrogens with zero attached hydrogens (tertiary/aromatic N) is 1. The number of carbonyl (C=O) groups excluding carboxylic acids is 1. The van der Waals surface area contributed by atoms with Crippen LogP contribution >= 0.6 is 0 Å². The second kappa shape index (κ2) is 7.32. The Morgan fingerprint density at radius 1 is 1.47 bits per heavy atom. The SMILES string of the molecule is COCC(NC(=O)NCc1ccc(C)nc1)C(=O)O. The number of carboxylic acid groups (broad SMARTS) is 1. The molecule has 0 radical (unpaired) electrons. The normalized spacial score (nSPS) is 11.7. The Kier molecular flexibility index (Phi) is 5.74. The van der Waals surface area contributed by atoms with Crippen LogP contribution < -0.4 is 10.6 Å². The van der Waals surface area contributed by atoms with Crippen LogP contribution in [0.4, 0.5) is 4.79 Å². The Hall–Kier alpha value is -2.15. The van der Waals surface area contributed by atoms with Crippen molar-refractivity contribution in [3.8, 4) is 0 Å². The summed E-state index contributed by atoms with van der Waals surface area (Å²) in [5.41, 5.74) is 1.72. The van der Waals surface area contributed by atoms with Gasteiger partial charge in [0.05, 0.1) is 6.61 Å². The van der Waals surface area contributed by atoms with Gasteiger partial charge in [-0.2, -0.15) is 0 Å². The maximum atomic E-state index is 11.5. The molecule has 7 heteroatoms. The van der Waals surface area contributed by atoms with Gasteiger partial charge in [0.2, 0.25) is 0 Å². The topological polar surface area (TPSA) is 101 Å². The minimum absolute atomic E-state index is 0.0885. The number of ether oxygens (including phenoxy) is 1. The zero-order valence-corrected chi connectivity index (χ0v) is 10.8. The third-order valence-corrected chi connectivity index (χ3v) is 2.36. The van der Waals surface area contributed by atoms with E-state index in [9.17, 15) is 9.59 Å². The van der Waals surface area contributed by atoms with Gasteiger partial charge in [-0.25, -0.2) is 9.59 Å². The monoisotopic (exact) mass is 267 g/mol. The first-order chi connectivity index (χ1) is 9.02. The van der Waals surface area contributed by atoms with Crippen LogP contribution in [0.25, 0.3) is 0 Å². The fraction of sp³-hybridized carbons (Fsp3) is 0.417. The number of aryl methyl sites for hydroxylation is 1. The third kappa shape index (κ3) is 5.35. The molecule has 1 rings (SSSR count). The third-order valence-electron chi connectivity index (χ3n) is 2.36. The summed E-state index contributed by atoms with van der Waals surface area (Å²) in [4.78, 5) is 26.4. The fourth-order valence-corrected chi connectivity index (χ4v) is 1.34. The maximum Gasteiger partial charge on any atom is 0.328 e. The molecule has 1 atom stereocenters. The predicted molar refractivity (Wildman–Crippen MR) is 67.6 cm³/mol. The van der Waals surface area contributed by atoms with Crippen LogP contribution in [0.2, 0.25) is 0 Å². The number of urea groups is 1. The lowest BCUT2D eigenvalue weighted by Gasteiger charge is -2.14. The number of aliphatic carboxylic acids is 1. The molecule has 104 valence electrons. The Balaban J connectivity index is 2.42. The molecule has 1 unspecified atom stereocenters. The molecule has 19 heavy (non-hydrogen) atoms. The lowest BCUT2D eigenvalue weighted by atomic mass is 10.2. The fourth-order valence-electron chi connectivity index (χ4n) is 1.34. The summed E-state index contributed by atoms with van der Waals surface area (Å²) < 4.78 is 4.71. The van der Waals surface area contributed by atoms with Gasteiger partial charge in [0.25, 0.3) is 0 Å². The van der Waals surface area contributed by atoms with Crippen LogP contribution in [0.5, 0.6) is 0 Å². The first kappa shape index (κ1) is 14.9. The summed E-state index contributed by atoms with van der Waals surface area (Å²) in [6.45, 7) is 2.05. The highest BCUT2D eigenvalue weighted by atomic mass is 16.5. The lowest BCUT2D eigenvalue weighted by molar-refractivity contribution is -0.140. The van der Waals surface area contributed by atoms with Crippen molar-refractivity contribution in [1.29, 1.82) is 0 Å². The first-order valence-electron chi connectivity index (χ1n) is 5.70. The molecule has 1 aromatic heterocycles. The van der Waals surface area contributed by atoms with Gasteiger partial charge in [0, 0.05) is 25.5 Å². The average molecular weight is 267 g/mol. The van der Waals surface area contributed by atoms with E-state index >= 15 is 0 Å². The van der Waals surface area contributed by atoms with Gasteiger partial charge in [-0.3, -0.25) is 4.98 Å². The zero-order chi connectivity index (χ0) is 14.3. The number of rotatable bonds is 6. The molecule has 2 amide bonds. The van der Waals surface area contributed by atoms with Gasteiger partial charge in [0.15, 0.2) is 6.04 Å². The molecular weight excluding hydrogens is 250 g/mol. The summed E-state index contributed by atoms with van der Waals surface area (Å²) in [6, 6.07) is 2.04. The number of hydrogen-bond acceptors (Lipinski definition) is 4. The van der Waals surface area contributed by atoms with E-state index in [2.05, 4.69) is 15.6 Å². The standard InChI is InChI=1S/C12H17N3O4/c1-8-3-4-9(5-13-8)6-14-12(18)15-10(7-19-2)11(16)17/h3-5,10H,6-7H2,1-2H3,(H,16,17)(H2,14,15,18). The molecule has 7 nitrogen and oxygen atoms in total. The van der Waals surface area contributed by atoms with Crippen LogP contribution in [0.3, 0.4) is 0 Å². The number of hydrogen-bond donors (Lipinski definition) is 3. The summed E-state index contributed by atoms with van der Waals surface area (Å²) >= 11 is 0. The Labute approximate surface area is 111 Å². The van der Waals surface area contributed by atoms with E-state index < -0.39 is 18.0 Å². The summed E-state index contributed by atoms with van der Waals surface area (Å²) in [7, 11) is 1.37. The summed E-state index contributed by atoms with van der Waals surface area (Å²) in [6.07, 6.45) is 1.65. The second-order valence-electron chi connectivity index (χ2n) is 3.98. The van der Waals surface area contributed by atoms with E-state index in [1.807, 2.05) is 19.1 Å². The van der Waals surface area contributed by atoms with E-state index in [0.29, 0.717) is 0 Å². The van der Waals surface area contributed by atoms with Gasteiger partial charge in [-0.15, -0.1) is 0 Å². The van der Waals surface area contributed by atoms with E-state index in [0.717, 1.165) is 11.3 Å². The average Bonchev–Trinajstić information content (AvgIpc) is 2.37. The second-order valence-corrected chi connectivity index (χ2v) is 3.98. The van der Waals surface area contributed by atoms with Crippen molar-refractivity contribution in [3.05, 3.63) is 29.6 Å². The van der Waals surface area contributed by atoms with E-state index in [4.69, 9.17) is 9.84 Å². The van der Waals surface area contributed by atoms with Gasteiger partial charge in [0.1, 0.15) is 0 Å². The molecule has 0 saturated carbocycles. The number of nitrogens with one attached hydrogen (secondary N) is 2. The molecule has 1 heterocycles. The van der Waals surface area contributed by atoms with Crippen molar-refractivity contribution in [3.63, 3.8) is 0 Å². The Morgan fingerprint density at radius 2 is 2.21 bits per heavy atom. The van der Waals surface area contributed by atoms with Crippen molar-refractivity contribution >= 4 is 12.0 Å². The van der Waals surface area contributed by atoms with Crippen molar-refractivity contribution in [2.24, 2.45) is 0 Å². The number of aromatic nitrogens is 1. The molecule has 0 aliphatic heterocycles. The smallest absolute Gasteiger partial charge is 0.328 e. The molecule has 0 saturated heterocycles. The zero-order valence-electron chi connectivity index (χ0n) is 10.8. The number of carboxylic acids is 1. The molecule has 0 bridgehead atoms. The number of methoxy groups -OCH3 is 1. The van der Waals surface area contributed by atoms with Crippen LogP contribution in [0.1, 0.15) is 11.3 Å². The minimum atomic E-state index is -1.14. The highest BCUT2D eigenvalue weighted by molar-refractivity contribution is 5.82. The van der Waals surface area contributed by atoms with Crippen LogP contribution in [-0.4, -0.2) is 41.8 Å². The van der Waals surface area contributed by atoms with Crippen molar-refractivity contribution in [2.75, 3.05) is 13.7 Å². The van der Waals surface area contributed by atoms with Crippen molar-refractivity contribution in [1.82, 2.24) is 15.6 Å². The predicted octanol–water partition coefficient (Wildman–Crippen LogP) is 0.289. The molecular formula is C12H17N3O4. The molecule has 0 spiro atoms. The lowest BCUT2D eigenvalue weighted by Crippen LogP contribution is -2.48. The van der Waals surface area contributed by atoms with E-state index in [1.165, 1.54) is 7.11 Å². The molecule has 0 aliphatic carbocycles. The van der Waals surface area contributed by atoms with Crippen LogP contribution in [0.15, 0.2) is 18.3 Å². The van der Waals surface area contributed by atoms with Crippen LogP contribution in [0, 0.1) is 6.92 Å². The van der Waals surface area contributed by atoms with E-state index in [-0.39, 0.29) is 13.2 Å². The molecule has 0 aromatic carbocycles. The quantitative estimate of drug-likeness (QED) is 0.687. The Bertz CT molecular complexity index is 433. The van der Waals surface area contributed by atoms with Gasteiger partial charge in [-0.05, 0) is 18.6 Å². The number of pyridine rings is 1. The summed E-state index contributed by atoms with van der Waals surface area (Å²) in [5.74, 6) is -1.14. The van der Waals surface area contributed by atoms with E-state index in [1.54, 1.807) is 6.20 Å². The largest absolute Gasteiger partial charge is 0.480 e.